The Labute approximate surface area is 142 Å². The smallest absolute Gasteiger partial charge is 0.337 e. The average Bonchev–Trinajstić information content (AvgIpc) is 2.53. The summed E-state index contributed by atoms with van der Waals surface area (Å²) >= 11 is 0. The van der Waals surface area contributed by atoms with Gasteiger partial charge in [0, 0.05) is 0 Å². The fourth-order valence-corrected chi connectivity index (χ4v) is 5.76. The minimum Gasteiger partial charge on any atom is -0.465 e. The van der Waals surface area contributed by atoms with Gasteiger partial charge in [-0.3, -0.25) is 4.79 Å². The predicted octanol–water partition coefficient (Wildman–Crippen LogP) is 3.99. The monoisotopic (exact) mass is 328 g/mol. The fraction of sp³-hybridized carbons (Fsp3) is 0.600. The number of methoxy groups -OCH3 is 1. The lowest BCUT2D eigenvalue weighted by molar-refractivity contribution is -0.142. The van der Waals surface area contributed by atoms with Crippen molar-refractivity contribution in [2.75, 3.05) is 7.11 Å². The molecular weight excluding hydrogens is 304 g/mol. The van der Waals surface area contributed by atoms with E-state index in [1.54, 1.807) is 24.3 Å². The van der Waals surface area contributed by atoms with Crippen LogP contribution in [0, 0.1) is 23.2 Å². The number of rotatable bonds is 4. The average molecular weight is 328 g/mol. The van der Waals surface area contributed by atoms with Crippen LogP contribution in [0.1, 0.15) is 55.3 Å². The molecule has 4 nitrogen and oxygen atoms in total. The van der Waals surface area contributed by atoms with Gasteiger partial charge < -0.3 is 9.47 Å². The Morgan fingerprint density at radius 3 is 2.04 bits per heavy atom. The van der Waals surface area contributed by atoms with Crippen LogP contribution in [-0.2, 0) is 9.53 Å². The third-order valence-electron chi connectivity index (χ3n) is 6.19. The first-order chi connectivity index (χ1) is 11.5. The van der Waals surface area contributed by atoms with Crippen molar-refractivity contribution >= 4 is 11.9 Å². The van der Waals surface area contributed by atoms with Crippen molar-refractivity contribution in [2.24, 2.45) is 23.2 Å². The molecule has 0 N–H and O–H groups in total. The molecule has 4 heteroatoms. The van der Waals surface area contributed by atoms with E-state index in [0.29, 0.717) is 17.7 Å². The second kappa shape index (κ2) is 5.91. The number of esters is 2. The largest absolute Gasteiger partial charge is 0.465 e. The highest BCUT2D eigenvalue weighted by molar-refractivity contribution is 5.89. The maximum atomic E-state index is 12.5. The molecule has 1 aromatic carbocycles. The minimum absolute atomic E-state index is 0.136. The lowest BCUT2D eigenvalue weighted by Crippen LogP contribution is -2.47. The van der Waals surface area contributed by atoms with Crippen LogP contribution in [0.3, 0.4) is 0 Å². The molecule has 0 saturated heterocycles. The van der Waals surface area contributed by atoms with E-state index in [9.17, 15) is 9.59 Å². The molecule has 5 rings (SSSR count). The summed E-state index contributed by atoms with van der Waals surface area (Å²) in [4.78, 5) is 23.9. The van der Waals surface area contributed by atoms with Crippen molar-refractivity contribution in [2.45, 2.75) is 44.9 Å². The maximum Gasteiger partial charge on any atom is 0.337 e. The molecule has 0 aromatic heterocycles. The van der Waals surface area contributed by atoms with Crippen LogP contribution in [0.15, 0.2) is 24.3 Å². The Morgan fingerprint density at radius 2 is 1.54 bits per heavy atom. The van der Waals surface area contributed by atoms with Gasteiger partial charge in [-0.05, 0) is 86.0 Å². The normalized spacial score (nSPS) is 33.3. The second-order valence-corrected chi connectivity index (χ2v) is 8.08. The van der Waals surface area contributed by atoms with Gasteiger partial charge in [-0.1, -0.05) is 0 Å². The van der Waals surface area contributed by atoms with Crippen molar-refractivity contribution < 1.29 is 19.1 Å². The first kappa shape index (κ1) is 15.7. The summed E-state index contributed by atoms with van der Waals surface area (Å²) in [6.07, 6.45) is 8.28. The topological polar surface area (TPSA) is 52.6 Å². The highest BCUT2D eigenvalue weighted by Gasteiger charge is 2.51. The Bertz CT molecular complexity index is 611. The molecule has 0 amide bonds. The molecule has 24 heavy (non-hydrogen) atoms. The van der Waals surface area contributed by atoms with E-state index in [1.807, 2.05) is 0 Å². The molecule has 4 fully saturated rings. The summed E-state index contributed by atoms with van der Waals surface area (Å²) in [6.45, 7) is 0. The van der Waals surface area contributed by atoms with Crippen molar-refractivity contribution in [3.05, 3.63) is 29.8 Å². The Hall–Kier alpha value is -1.84. The van der Waals surface area contributed by atoms with E-state index in [1.165, 1.54) is 45.6 Å². The van der Waals surface area contributed by atoms with Crippen LogP contribution in [-0.4, -0.2) is 19.0 Å². The van der Waals surface area contributed by atoms with Crippen LogP contribution in [0.5, 0.6) is 5.75 Å². The van der Waals surface area contributed by atoms with Crippen LogP contribution < -0.4 is 4.74 Å². The van der Waals surface area contributed by atoms with Crippen LogP contribution in [0.2, 0.25) is 0 Å². The first-order valence-electron chi connectivity index (χ1n) is 8.94. The van der Waals surface area contributed by atoms with Crippen molar-refractivity contribution in [3.63, 3.8) is 0 Å². The van der Waals surface area contributed by atoms with Gasteiger partial charge in [0.1, 0.15) is 5.75 Å². The van der Waals surface area contributed by atoms with Gasteiger partial charge in [0.2, 0.25) is 0 Å². The molecule has 0 atom stereocenters. The predicted molar refractivity (Wildman–Crippen MR) is 88.6 cm³/mol. The van der Waals surface area contributed by atoms with E-state index < -0.39 is 0 Å². The summed E-state index contributed by atoms with van der Waals surface area (Å²) in [5.41, 5.74) is 0.649. The zero-order valence-electron chi connectivity index (χ0n) is 14.1. The molecule has 4 aliphatic rings. The van der Waals surface area contributed by atoms with E-state index in [-0.39, 0.29) is 17.4 Å². The van der Waals surface area contributed by atoms with Gasteiger partial charge in [-0.25, -0.2) is 4.79 Å². The Kier molecular flexibility index (Phi) is 3.86. The fourth-order valence-electron chi connectivity index (χ4n) is 5.76. The molecule has 4 saturated carbocycles. The molecule has 4 aliphatic carbocycles. The van der Waals surface area contributed by atoms with Gasteiger partial charge in [0.25, 0.3) is 0 Å². The zero-order valence-corrected chi connectivity index (χ0v) is 14.1. The van der Waals surface area contributed by atoms with E-state index in [4.69, 9.17) is 4.74 Å². The van der Waals surface area contributed by atoms with E-state index >= 15 is 0 Å². The van der Waals surface area contributed by atoms with Gasteiger partial charge in [0.15, 0.2) is 0 Å². The van der Waals surface area contributed by atoms with Gasteiger partial charge in [-0.15, -0.1) is 0 Å². The number of benzene rings is 1. The third-order valence-corrected chi connectivity index (χ3v) is 6.19. The lowest BCUT2D eigenvalue weighted by Gasteiger charge is -2.56. The van der Waals surface area contributed by atoms with Gasteiger partial charge in [0.05, 0.1) is 19.1 Å². The van der Waals surface area contributed by atoms with Gasteiger partial charge in [-0.2, -0.15) is 0 Å². The number of ether oxygens (including phenoxy) is 2. The maximum absolute atomic E-state index is 12.5. The van der Waals surface area contributed by atoms with Crippen LogP contribution >= 0.6 is 0 Å². The molecule has 0 unspecified atom stereocenters. The van der Waals surface area contributed by atoms with Gasteiger partial charge >= 0.3 is 11.9 Å². The molecular formula is C20H24O4. The summed E-state index contributed by atoms with van der Waals surface area (Å²) in [5, 5.41) is 0. The Balaban J connectivity index is 1.39. The van der Waals surface area contributed by atoms with Crippen molar-refractivity contribution in [1.29, 1.82) is 0 Å². The second-order valence-electron chi connectivity index (χ2n) is 8.08. The summed E-state index contributed by atoms with van der Waals surface area (Å²) in [6, 6.07) is 6.56. The summed E-state index contributed by atoms with van der Waals surface area (Å²) in [5.74, 6) is 2.48. The number of carbonyl (C=O) groups excluding carboxylic acids is 2. The summed E-state index contributed by atoms with van der Waals surface area (Å²) in [7, 11) is 1.35. The van der Waals surface area contributed by atoms with E-state index in [2.05, 4.69) is 4.74 Å². The highest BCUT2D eigenvalue weighted by atomic mass is 16.5. The Morgan fingerprint density at radius 1 is 1.00 bits per heavy atom. The third kappa shape index (κ3) is 2.94. The number of hydrogen-bond acceptors (Lipinski definition) is 4. The first-order valence-corrected chi connectivity index (χ1v) is 8.94. The van der Waals surface area contributed by atoms with Crippen molar-refractivity contribution in [3.8, 4) is 5.75 Å². The molecule has 0 heterocycles. The molecule has 0 spiro atoms. The number of carbonyl (C=O) groups is 2. The molecule has 1 aromatic rings. The minimum atomic E-state index is -0.388. The molecule has 0 aliphatic heterocycles. The molecule has 4 bridgehead atoms. The van der Waals surface area contributed by atoms with Crippen LogP contribution in [0.4, 0.5) is 0 Å². The lowest BCUT2D eigenvalue weighted by atomic mass is 9.49. The van der Waals surface area contributed by atoms with Crippen molar-refractivity contribution in [1.82, 2.24) is 0 Å². The van der Waals surface area contributed by atoms with E-state index in [0.717, 1.165) is 17.8 Å². The number of hydrogen-bond donors (Lipinski definition) is 0. The molecule has 128 valence electrons. The highest BCUT2D eigenvalue weighted by Crippen LogP contribution is 2.61. The zero-order chi connectivity index (χ0) is 16.7. The summed E-state index contributed by atoms with van der Waals surface area (Å²) < 4.78 is 10.2. The molecule has 0 radical (unpaired) electrons. The standard InChI is InChI=1S/C20H24O4/c1-23-19(22)16-2-4-17(5-3-16)24-18(21)12-20-9-13-6-14(10-20)8-15(7-13)11-20/h2-5,13-15H,6-12H2,1H3. The SMILES string of the molecule is COC(=O)c1ccc(OC(=O)CC23CC4CC(CC(C4)C2)C3)cc1. The van der Waals surface area contributed by atoms with Crippen LogP contribution in [0.25, 0.3) is 0 Å². The quantitative estimate of drug-likeness (QED) is 0.619.